The monoisotopic (exact) mass is 395 g/mol. The van der Waals surface area contributed by atoms with Crippen molar-refractivity contribution in [2.75, 3.05) is 7.11 Å². The standard InChI is InChI=1S/C21H15ClFN3O2/c1-11-16-15(10-27)24-20(13-8-9-14(22)19(28-2)17(13)23)26-21(16)25-18(11)12-6-4-3-5-7-12/h3-10H,1-2H3,(H,24,25,26). The molecule has 0 unspecified atom stereocenters. The van der Waals surface area contributed by atoms with Crippen molar-refractivity contribution in [3.05, 3.63) is 64.6 Å². The van der Waals surface area contributed by atoms with E-state index in [1.165, 1.54) is 19.2 Å². The number of benzene rings is 2. The Hall–Kier alpha value is -3.25. The number of aldehydes is 1. The highest BCUT2D eigenvalue weighted by Crippen LogP contribution is 2.35. The first-order valence-corrected chi connectivity index (χ1v) is 8.86. The number of nitrogens with zero attached hydrogens (tertiary/aromatic N) is 2. The second-order valence-corrected chi connectivity index (χ2v) is 6.61. The van der Waals surface area contributed by atoms with E-state index in [2.05, 4.69) is 15.0 Å². The van der Waals surface area contributed by atoms with Crippen LogP contribution >= 0.6 is 11.6 Å². The molecule has 7 heteroatoms. The van der Waals surface area contributed by atoms with Gasteiger partial charge in [0.2, 0.25) is 0 Å². The first-order chi connectivity index (χ1) is 13.5. The molecule has 0 saturated heterocycles. The van der Waals surface area contributed by atoms with Crippen molar-refractivity contribution in [3.8, 4) is 28.4 Å². The fourth-order valence-electron chi connectivity index (χ4n) is 3.27. The Morgan fingerprint density at radius 3 is 2.57 bits per heavy atom. The number of H-pyrrole nitrogens is 1. The van der Waals surface area contributed by atoms with E-state index in [-0.39, 0.29) is 27.9 Å². The average Bonchev–Trinajstić information content (AvgIpc) is 3.05. The average molecular weight is 396 g/mol. The number of fused-ring (bicyclic) bond motifs is 1. The number of aromatic nitrogens is 3. The fraction of sp³-hybridized carbons (Fsp3) is 0.0952. The third kappa shape index (κ3) is 2.82. The van der Waals surface area contributed by atoms with Gasteiger partial charge in [-0.15, -0.1) is 0 Å². The van der Waals surface area contributed by atoms with Crippen molar-refractivity contribution in [1.82, 2.24) is 15.0 Å². The Morgan fingerprint density at radius 1 is 1.14 bits per heavy atom. The molecule has 5 nitrogen and oxygen atoms in total. The van der Waals surface area contributed by atoms with Gasteiger partial charge in [0, 0.05) is 0 Å². The van der Waals surface area contributed by atoms with E-state index in [9.17, 15) is 9.18 Å². The zero-order chi connectivity index (χ0) is 19.8. The molecule has 140 valence electrons. The van der Waals surface area contributed by atoms with Crippen LogP contribution < -0.4 is 4.74 Å². The topological polar surface area (TPSA) is 67.9 Å². The van der Waals surface area contributed by atoms with Gasteiger partial charge in [0.15, 0.2) is 23.7 Å². The van der Waals surface area contributed by atoms with Gasteiger partial charge in [-0.05, 0) is 30.2 Å². The van der Waals surface area contributed by atoms with E-state index in [4.69, 9.17) is 16.3 Å². The van der Waals surface area contributed by atoms with Crippen molar-refractivity contribution in [2.45, 2.75) is 6.92 Å². The summed E-state index contributed by atoms with van der Waals surface area (Å²) in [6, 6.07) is 12.6. The number of rotatable bonds is 4. The molecule has 4 aromatic rings. The summed E-state index contributed by atoms with van der Waals surface area (Å²) >= 11 is 5.97. The SMILES string of the molecule is COc1c(Cl)ccc(-c2nc(C=O)c3c(C)c(-c4ccccc4)[nH]c3n2)c1F. The first-order valence-electron chi connectivity index (χ1n) is 8.48. The molecule has 0 radical (unpaired) electrons. The fourth-order valence-corrected chi connectivity index (χ4v) is 3.49. The molecule has 0 saturated carbocycles. The van der Waals surface area contributed by atoms with Crippen molar-refractivity contribution >= 4 is 28.9 Å². The summed E-state index contributed by atoms with van der Waals surface area (Å²) < 4.78 is 19.8. The molecule has 0 atom stereocenters. The second-order valence-electron chi connectivity index (χ2n) is 6.21. The second kappa shape index (κ2) is 7.05. The molecule has 0 fully saturated rings. The van der Waals surface area contributed by atoms with Crippen molar-refractivity contribution < 1.29 is 13.9 Å². The maximum atomic E-state index is 14.8. The van der Waals surface area contributed by atoms with E-state index < -0.39 is 5.82 Å². The smallest absolute Gasteiger partial charge is 0.177 e. The minimum atomic E-state index is -0.683. The van der Waals surface area contributed by atoms with Gasteiger partial charge < -0.3 is 9.72 Å². The molecule has 0 aliphatic carbocycles. The highest BCUT2D eigenvalue weighted by molar-refractivity contribution is 6.32. The largest absolute Gasteiger partial charge is 0.492 e. The lowest BCUT2D eigenvalue weighted by Gasteiger charge is -2.09. The molecule has 0 bridgehead atoms. The number of aromatic amines is 1. The van der Waals surface area contributed by atoms with Gasteiger partial charge in [0.25, 0.3) is 0 Å². The highest BCUT2D eigenvalue weighted by atomic mass is 35.5. The van der Waals surface area contributed by atoms with Gasteiger partial charge in [0.1, 0.15) is 11.3 Å². The maximum Gasteiger partial charge on any atom is 0.177 e. The zero-order valence-corrected chi connectivity index (χ0v) is 15.8. The lowest BCUT2D eigenvalue weighted by atomic mass is 10.1. The summed E-state index contributed by atoms with van der Waals surface area (Å²) in [7, 11) is 1.33. The number of hydrogen-bond donors (Lipinski definition) is 1. The van der Waals surface area contributed by atoms with E-state index in [1.807, 2.05) is 37.3 Å². The number of nitrogens with one attached hydrogen (secondary N) is 1. The van der Waals surface area contributed by atoms with Crippen LogP contribution in [0.15, 0.2) is 42.5 Å². The van der Waals surface area contributed by atoms with Crippen molar-refractivity contribution in [3.63, 3.8) is 0 Å². The number of carbonyl (C=O) groups is 1. The molecule has 0 aliphatic heterocycles. The van der Waals surface area contributed by atoms with Gasteiger partial charge >= 0.3 is 0 Å². The van der Waals surface area contributed by atoms with Crippen LogP contribution in [-0.4, -0.2) is 28.3 Å². The van der Waals surface area contributed by atoms with Gasteiger partial charge in [-0.1, -0.05) is 41.9 Å². The quantitative estimate of drug-likeness (QED) is 0.481. The summed E-state index contributed by atoms with van der Waals surface area (Å²) in [6.07, 6.45) is 0.647. The van der Waals surface area contributed by atoms with Gasteiger partial charge in [-0.25, -0.2) is 14.4 Å². The van der Waals surface area contributed by atoms with Crippen LogP contribution in [0.25, 0.3) is 33.7 Å². The van der Waals surface area contributed by atoms with E-state index in [0.717, 1.165) is 16.8 Å². The lowest BCUT2D eigenvalue weighted by molar-refractivity contribution is 0.112. The molecule has 0 aliphatic rings. The summed E-state index contributed by atoms with van der Waals surface area (Å²) in [5.41, 5.74) is 3.37. The predicted octanol–water partition coefficient (Wildman–Crippen LogP) is 5.21. The predicted molar refractivity (Wildman–Crippen MR) is 106 cm³/mol. The number of hydrogen-bond acceptors (Lipinski definition) is 4. The minimum Gasteiger partial charge on any atom is -0.492 e. The Balaban J connectivity index is 1.97. The summed E-state index contributed by atoms with van der Waals surface area (Å²) in [6.45, 7) is 1.89. The van der Waals surface area contributed by atoms with Crippen LogP contribution in [-0.2, 0) is 0 Å². The molecule has 2 aromatic carbocycles. The van der Waals surface area contributed by atoms with Crippen molar-refractivity contribution in [1.29, 1.82) is 0 Å². The molecule has 28 heavy (non-hydrogen) atoms. The molecule has 0 spiro atoms. The number of methoxy groups -OCH3 is 1. The molecule has 4 rings (SSSR count). The van der Waals surface area contributed by atoms with Gasteiger partial charge in [0.05, 0.1) is 28.8 Å². The molecule has 0 amide bonds. The van der Waals surface area contributed by atoms with E-state index >= 15 is 0 Å². The molecular weight excluding hydrogens is 381 g/mol. The molecular formula is C21H15ClFN3O2. The number of aryl methyl sites for hydroxylation is 1. The normalized spacial score (nSPS) is 11.0. The van der Waals surface area contributed by atoms with Crippen LogP contribution in [0.3, 0.4) is 0 Å². The minimum absolute atomic E-state index is 0.0722. The van der Waals surface area contributed by atoms with Crippen LogP contribution in [0.1, 0.15) is 16.1 Å². The van der Waals surface area contributed by atoms with Gasteiger partial charge in [-0.2, -0.15) is 0 Å². The van der Waals surface area contributed by atoms with Crippen LogP contribution in [0.4, 0.5) is 4.39 Å². The van der Waals surface area contributed by atoms with Crippen LogP contribution in [0, 0.1) is 12.7 Å². The Labute approximate surface area is 165 Å². The van der Waals surface area contributed by atoms with Crippen LogP contribution in [0.5, 0.6) is 5.75 Å². The number of carbonyl (C=O) groups excluding carboxylic acids is 1. The summed E-state index contributed by atoms with van der Waals surface area (Å²) in [5, 5.41) is 0.751. The number of halogens is 2. The third-order valence-electron chi connectivity index (χ3n) is 4.60. The van der Waals surface area contributed by atoms with E-state index in [1.54, 1.807) is 0 Å². The van der Waals surface area contributed by atoms with E-state index in [0.29, 0.717) is 17.3 Å². The Morgan fingerprint density at radius 2 is 1.89 bits per heavy atom. The molecule has 2 heterocycles. The third-order valence-corrected chi connectivity index (χ3v) is 4.90. The van der Waals surface area contributed by atoms with Crippen LogP contribution in [0.2, 0.25) is 5.02 Å². The van der Waals surface area contributed by atoms with Crippen molar-refractivity contribution in [2.24, 2.45) is 0 Å². The van der Waals surface area contributed by atoms with Gasteiger partial charge in [-0.3, -0.25) is 4.79 Å². The first kappa shape index (κ1) is 18.1. The zero-order valence-electron chi connectivity index (χ0n) is 15.1. The maximum absolute atomic E-state index is 14.8. The summed E-state index contributed by atoms with van der Waals surface area (Å²) in [5.74, 6) is -0.705. The molecule has 2 aromatic heterocycles. The number of ether oxygens (including phenoxy) is 1. The molecule has 1 N–H and O–H groups in total. The Bertz CT molecular complexity index is 1210. The summed E-state index contributed by atoms with van der Waals surface area (Å²) in [4.78, 5) is 23.7. The Kier molecular flexibility index (Phi) is 4.57. The lowest BCUT2D eigenvalue weighted by Crippen LogP contribution is -2.00. The highest BCUT2D eigenvalue weighted by Gasteiger charge is 2.21.